The topological polar surface area (TPSA) is 76.8 Å². The molecule has 0 N–H and O–H groups in total. The van der Waals surface area contributed by atoms with Crippen LogP contribution in [-0.2, 0) is 16.8 Å². The maximum absolute atomic E-state index is 14.3. The summed E-state index contributed by atoms with van der Waals surface area (Å²) in [5.41, 5.74) is 4.51. The molecular weight excluding hydrogens is 351 g/mol. The van der Waals surface area contributed by atoms with Gasteiger partial charge in [-0.1, -0.05) is 35.3 Å². The zero-order valence-corrected chi connectivity index (χ0v) is 14.7. The van der Waals surface area contributed by atoms with E-state index < -0.39 is 16.9 Å². The molecule has 4 nitrogen and oxygen atoms in total. The zero-order chi connectivity index (χ0) is 18.7. The monoisotopic (exact) mass is 365 g/mol. The molecule has 2 aromatic carbocycles. The van der Waals surface area contributed by atoms with E-state index >= 15 is 0 Å². The number of hydrogen-bond donors (Lipinski definition) is 0. The quantitative estimate of drug-likeness (QED) is 0.652. The molecule has 0 saturated carbocycles. The van der Waals surface area contributed by atoms with Crippen molar-refractivity contribution in [3.8, 4) is 28.3 Å². The highest BCUT2D eigenvalue weighted by Gasteiger charge is 2.12. The van der Waals surface area contributed by atoms with Crippen molar-refractivity contribution >= 4 is 11.1 Å². The van der Waals surface area contributed by atoms with Crippen molar-refractivity contribution in [2.45, 2.75) is 12.7 Å². The number of aryl methyl sites for hydroxylation is 1. The summed E-state index contributed by atoms with van der Waals surface area (Å²) in [5.74, 6) is -0.946. The molecule has 3 rings (SSSR count). The number of nitriles is 1. The Morgan fingerprint density at radius 2 is 1.88 bits per heavy atom. The standard InChI is InChI=1S/C20H15FN2O2S/c1-13-2-3-14(8-17(13)10-22)18-6-7-23-11-19(18)15-4-5-16(12-26(24)25)20(21)9-15/h2-9,11H,12H2,1H3,(H,24,25)/p-1. The van der Waals surface area contributed by atoms with Gasteiger partial charge in [0, 0.05) is 23.7 Å². The van der Waals surface area contributed by atoms with Crippen LogP contribution in [0.2, 0.25) is 0 Å². The second kappa shape index (κ2) is 7.56. The minimum absolute atomic E-state index is 0.120. The van der Waals surface area contributed by atoms with Crippen LogP contribution in [-0.4, -0.2) is 13.7 Å². The zero-order valence-electron chi connectivity index (χ0n) is 13.9. The first-order chi connectivity index (χ1) is 12.5. The molecule has 1 aromatic heterocycles. The first-order valence-electron chi connectivity index (χ1n) is 7.79. The highest BCUT2D eigenvalue weighted by atomic mass is 32.2. The molecule has 0 bridgehead atoms. The molecular formula is C20H14FN2O2S-. The Labute approximate surface area is 153 Å². The lowest BCUT2D eigenvalue weighted by Gasteiger charge is -2.12. The smallest absolute Gasteiger partial charge is 0.127 e. The van der Waals surface area contributed by atoms with Crippen LogP contribution in [0.15, 0.2) is 54.9 Å². The Morgan fingerprint density at radius 1 is 1.15 bits per heavy atom. The lowest BCUT2D eigenvalue weighted by Crippen LogP contribution is -1.97. The van der Waals surface area contributed by atoms with Crippen molar-refractivity contribution in [1.29, 1.82) is 5.26 Å². The Kier molecular flexibility index (Phi) is 5.21. The molecule has 0 aliphatic rings. The predicted molar refractivity (Wildman–Crippen MR) is 97.1 cm³/mol. The van der Waals surface area contributed by atoms with E-state index in [4.69, 9.17) is 0 Å². The molecule has 6 heteroatoms. The van der Waals surface area contributed by atoms with E-state index in [1.807, 2.05) is 19.1 Å². The fourth-order valence-corrected chi connectivity index (χ4v) is 3.23. The van der Waals surface area contributed by atoms with E-state index in [0.717, 1.165) is 16.7 Å². The SMILES string of the molecule is Cc1ccc(-c2ccncc2-c2ccc(CS(=O)[O-])c(F)c2)cc1C#N. The molecule has 1 atom stereocenters. The van der Waals surface area contributed by atoms with Crippen LogP contribution in [0.5, 0.6) is 0 Å². The van der Waals surface area contributed by atoms with Gasteiger partial charge in [-0.05, 0) is 52.9 Å². The first kappa shape index (κ1) is 17.9. The highest BCUT2D eigenvalue weighted by molar-refractivity contribution is 7.78. The van der Waals surface area contributed by atoms with E-state index in [1.54, 1.807) is 30.6 Å². The molecule has 0 aliphatic carbocycles. The van der Waals surface area contributed by atoms with Gasteiger partial charge in [-0.3, -0.25) is 9.19 Å². The predicted octanol–water partition coefficient (Wildman–Crippen LogP) is 4.11. The Hall–Kier alpha value is -2.88. The minimum atomic E-state index is -2.35. The van der Waals surface area contributed by atoms with Gasteiger partial charge in [0.1, 0.15) is 5.82 Å². The lowest BCUT2D eigenvalue weighted by atomic mass is 9.94. The first-order valence-corrected chi connectivity index (χ1v) is 9.04. The molecule has 0 saturated heterocycles. The van der Waals surface area contributed by atoms with Gasteiger partial charge in [-0.15, -0.1) is 0 Å². The molecule has 1 heterocycles. The third kappa shape index (κ3) is 3.69. The Balaban J connectivity index is 2.10. The van der Waals surface area contributed by atoms with Gasteiger partial charge in [0.2, 0.25) is 0 Å². The average molecular weight is 365 g/mol. The van der Waals surface area contributed by atoms with Crippen LogP contribution in [0, 0.1) is 24.1 Å². The highest BCUT2D eigenvalue weighted by Crippen LogP contribution is 2.33. The van der Waals surface area contributed by atoms with Crippen LogP contribution >= 0.6 is 0 Å². The molecule has 0 fully saturated rings. The maximum atomic E-state index is 14.3. The van der Waals surface area contributed by atoms with Gasteiger partial charge in [0.25, 0.3) is 0 Å². The molecule has 130 valence electrons. The van der Waals surface area contributed by atoms with Crippen molar-refractivity contribution in [3.05, 3.63) is 77.4 Å². The Morgan fingerprint density at radius 3 is 2.58 bits per heavy atom. The normalized spacial score (nSPS) is 11.8. The summed E-state index contributed by atoms with van der Waals surface area (Å²) in [6.07, 6.45) is 3.26. The lowest BCUT2D eigenvalue weighted by molar-refractivity contribution is 0.533. The molecule has 0 amide bonds. The summed E-state index contributed by atoms with van der Waals surface area (Å²) in [4.78, 5) is 4.12. The van der Waals surface area contributed by atoms with E-state index in [1.165, 1.54) is 12.1 Å². The third-order valence-corrected chi connectivity index (χ3v) is 4.67. The fourth-order valence-electron chi connectivity index (χ4n) is 2.75. The third-order valence-electron chi connectivity index (χ3n) is 4.13. The summed E-state index contributed by atoms with van der Waals surface area (Å²) in [5, 5.41) is 9.25. The number of benzene rings is 2. The number of halogens is 1. The minimum Gasteiger partial charge on any atom is -0.772 e. The van der Waals surface area contributed by atoms with Crippen molar-refractivity contribution in [3.63, 3.8) is 0 Å². The summed E-state index contributed by atoms with van der Waals surface area (Å²) in [6.45, 7) is 1.86. The van der Waals surface area contributed by atoms with E-state index in [2.05, 4.69) is 11.1 Å². The number of rotatable bonds is 4. The average Bonchev–Trinajstić information content (AvgIpc) is 2.63. The molecule has 0 spiro atoms. The molecule has 0 aliphatic heterocycles. The van der Waals surface area contributed by atoms with Crippen molar-refractivity contribution < 1.29 is 13.2 Å². The summed E-state index contributed by atoms with van der Waals surface area (Å²) >= 11 is -2.35. The maximum Gasteiger partial charge on any atom is 0.127 e. The number of hydrogen-bond acceptors (Lipinski definition) is 4. The van der Waals surface area contributed by atoms with Crippen molar-refractivity contribution in [1.82, 2.24) is 4.98 Å². The van der Waals surface area contributed by atoms with Gasteiger partial charge in [0.05, 0.1) is 11.6 Å². The van der Waals surface area contributed by atoms with Crippen LogP contribution < -0.4 is 0 Å². The number of nitrogens with zero attached hydrogens (tertiary/aromatic N) is 2. The summed E-state index contributed by atoms with van der Waals surface area (Å²) < 4.78 is 35.9. The Bertz CT molecular complexity index is 1040. The van der Waals surface area contributed by atoms with Gasteiger partial charge < -0.3 is 4.55 Å². The molecule has 26 heavy (non-hydrogen) atoms. The van der Waals surface area contributed by atoms with Gasteiger partial charge >= 0.3 is 0 Å². The second-order valence-electron chi connectivity index (χ2n) is 5.82. The van der Waals surface area contributed by atoms with E-state index in [0.29, 0.717) is 16.7 Å². The molecule has 3 aromatic rings. The van der Waals surface area contributed by atoms with Crippen molar-refractivity contribution in [2.75, 3.05) is 0 Å². The van der Waals surface area contributed by atoms with E-state index in [9.17, 15) is 18.4 Å². The fraction of sp³-hybridized carbons (Fsp3) is 0.100. The summed E-state index contributed by atoms with van der Waals surface area (Å²) in [7, 11) is 0. The van der Waals surface area contributed by atoms with Gasteiger partial charge in [-0.2, -0.15) is 5.26 Å². The van der Waals surface area contributed by atoms with E-state index in [-0.39, 0.29) is 11.3 Å². The number of pyridine rings is 1. The second-order valence-corrected chi connectivity index (χ2v) is 6.71. The summed E-state index contributed by atoms with van der Waals surface area (Å²) in [6, 6.07) is 14.0. The van der Waals surface area contributed by atoms with Crippen molar-refractivity contribution in [2.24, 2.45) is 0 Å². The van der Waals surface area contributed by atoms with Crippen LogP contribution in [0.25, 0.3) is 22.3 Å². The van der Waals surface area contributed by atoms with Gasteiger partial charge in [0.15, 0.2) is 0 Å². The molecule has 1 unspecified atom stereocenters. The van der Waals surface area contributed by atoms with Crippen LogP contribution in [0.3, 0.4) is 0 Å². The van der Waals surface area contributed by atoms with Gasteiger partial charge in [-0.25, -0.2) is 4.39 Å². The van der Waals surface area contributed by atoms with Crippen LogP contribution in [0.4, 0.5) is 4.39 Å². The van der Waals surface area contributed by atoms with Crippen LogP contribution in [0.1, 0.15) is 16.7 Å². The molecule has 0 radical (unpaired) electrons. The number of aromatic nitrogens is 1. The largest absolute Gasteiger partial charge is 0.772 e.